The number of ether oxygens (including phenoxy) is 2. The lowest BCUT2D eigenvalue weighted by atomic mass is 9.82. The number of likely N-dealkylation sites (N-methyl/N-ethyl adjacent to an activating group) is 1. The van der Waals surface area contributed by atoms with E-state index >= 15 is 0 Å². The van der Waals surface area contributed by atoms with Gasteiger partial charge < -0.3 is 19.0 Å². The van der Waals surface area contributed by atoms with Crippen LogP contribution in [-0.2, 0) is 28.8 Å². The summed E-state index contributed by atoms with van der Waals surface area (Å²) in [5, 5.41) is 3.28. The van der Waals surface area contributed by atoms with Gasteiger partial charge in [0.2, 0.25) is 11.1 Å². The third-order valence-corrected chi connectivity index (χ3v) is 7.89. The predicted octanol–water partition coefficient (Wildman–Crippen LogP) is 4.26. The van der Waals surface area contributed by atoms with E-state index in [9.17, 15) is 4.21 Å². The first-order chi connectivity index (χ1) is 16.6. The molecule has 0 saturated carbocycles. The van der Waals surface area contributed by atoms with Crippen molar-refractivity contribution in [2.24, 2.45) is 0 Å². The van der Waals surface area contributed by atoms with Gasteiger partial charge in [-0.05, 0) is 66.3 Å². The molecule has 7 heteroatoms. The number of fused-ring (bicyclic) bond motifs is 3. The molecule has 34 heavy (non-hydrogen) atoms. The van der Waals surface area contributed by atoms with Gasteiger partial charge in [-0.15, -0.1) is 0 Å². The first-order valence-corrected chi connectivity index (χ1v) is 12.6. The SMILES string of the molecule is CNC1=CC2=C(CC=C1OC)C1Cc3ccc(OC)c(OS(=O)c4ccccc4)c3CN1CC2. The number of nitrogens with zero attached hydrogens (tertiary/aromatic N) is 1. The number of benzene rings is 2. The van der Waals surface area contributed by atoms with E-state index in [0.717, 1.165) is 49.4 Å². The highest BCUT2D eigenvalue weighted by Crippen LogP contribution is 2.43. The standard InChI is InChI=1S/C27H30N2O4S/c1-28-23-15-19-13-14-29-17-22-18(16-24(29)21(19)10-12-25(23)31-2)9-11-26(32-3)27(22)33-34(30)20-7-5-4-6-8-20/h4-9,11-12,15,24,28H,10,13-14,16-17H2,1-3H3. The average molecular weight is 479 g/mol. The number of rotatable bonds is 6. The van der Waals surface area contributed by atoms with Crippen LogP contribution in [0.25, 0.3) is 0 Å². The van der Waals surface area contributed by atoms with E-state index in [4.69, 9.17) is 13.7 Å². The van der Waals surface area contributed by atoms with E-state index in [1.165, 1.54) is 16.7 Å². The molecule has 1 N–H and O–H groups in total. The normalized spacial score (nSPS) is 20.6. The van der Waals surface area contributed by atoms with Crippen LogP contribution in [0.2, 0.25) is 0 Å². The number of allylic oxidation sites excluding steroid dienone is 2. The van der Waals surface area contributed by atoms with Crippen LogP contribution in [0.5, 0.6) is 11.5 Å². The summed E-state index contributed by atoms with van der Waals surface area (Å²) in [7, 11) is 5.28. The maximum absolute atomic E-state index is 13.0. The summed E-state index contributed by atoms with van der Waals surface area (Å²) >= 11 is -1.62. The Kier molecular flexibility index (Phi) is 6.48. The van der Waals surface area contributed by atoms with Gasteiger partial charge in [0, 0.05) is 31.7 Å². The number of hydrogen-bond acceptors (Lipinski definition) is 6. The Hall–Kier alpha value is -3.03. The Bertz CT molecular complexity index is 1200. The molecule has 0 aromatic heterocycles. The fraction of sp³-hybridized carbons (Fsp3) is 0.333. The Morgan fingerprint density at radius 1 is 1.09 bits per heavy atom. The van der Waals surface area contributed by atoms with Gasteiger partial charge in [-0.1, -0.05) is 24.3 Å². The van der Waals surface area contributed by atoms with Crippen LogP contribution in [0.15, 0.2) is 82.1 Å². The molecule has 178 valence electrons. The van der Waals surface area contributed by atoms with Crippen molar-refractivity contribution in [2.75, 3.05) is 27.8 Å². The van der Waals surface area contributed by atoms with Crippen molar-refractivity contribution >= 4 is 11.1 Å². The summed E-state index contributed by atoms with van der Waals surface area (Å²) in [5.41, 5.74) is 6.15. The van der Waals surface area contributed by atoms with Gasteiger partial charge in [-0.25, -0.2) is 4.21 Å². The van der Waals surface area contributed by atoms with E-state index in [1.807, 2.05) is 43.4 Å². The van der Waals surface area contributed by atoms with Gasteiger partial charge in [0.15, 0.2) is 11.5 Å². The molecule has 0 bridgehead atoms. The molecule has 5 rings (SSSR count). The van der Waals surface area contributed by atoms with E-state index in [0.29, 0.717) is 22.4 Å². The Morgan fingerprint density at radius 2 is 1.91 bits per heavy atom. The van der Waals surface area contributed by atoms with E-state index < -0.39 is 11.1 Å². The minimum atomic E-state index is -1.62. The molecule has 0 amide bonds. The molecule has 1 aliphatic carbocycles. The van der Waals surface area contributed by atoms with Gasteiger partial charge in [-0.2, -0.15) is 0 Å². The zero-order chi connectivity index (χ0) is 23.7. The molecule has 2 heterocycles. The lowest BCUT2D eigenvalue weighted by Crippen LogP contribution is -2.45. The summed E-state index contributed by atoms with van der Waals surface area (Å²) in [5.74, 6) is 2.09. The predicted molar refractivity (Wildman–Crippen MR) is 133 cm³/mol. The zero-order valence-corrected chi connectivity index (χ0v) is 20.6. The first-order valence-electron chi connectivity index (χ1n) is 11.6. The van der Waals surface area contributed by atoms with Crippen LogP contribution < -0.4 is 14.2 Å². The molecule has 2 aliphatic heterocycles. The third kappa shape index (κ3) is 4.14. The molecular formula is C27H30N2O4S. The van der Waals surface area contributed by atoms with E-state index in [2.05, 4.69) is 28.4 Å². The van der Waals surface area contributed by atoms with Crippen molar-refractivity contribution in [1.82, 2.24) is 10.2 Å². The van der Waals surface area contributed by atoms with Crippen molar-refractivity contribution < 1.29 is 17.9 Å². The van der Waals surface area contributed by atoms with Crippen molar-refractivity contribution in [3.8, 4) is 11.5 Å². The summed E-state index contributed by atoms with van der Waals surface area (Å²) in [6.07, 6.45) is 7.15. The summed E-state index contributed by atoms with van der Waals surface area (Å²) in [4.78, 5) is 3.15. The molecular weight excluding hydrogens is 448 g/mol. The largest absolute Gasteiger partial charge is 0.495 e. The quantitative estimate of drug-likeness (QED) is 0.670. The topological polar surface area (TPSA) is 60.0 Å². The van der Waals surface area contributed by atoms with Gasteiger partial charge in [0.1, 0.15) is 5.76 Å². The smallest absolute Gasteiger partial charge is 0.240 e. The maximum atomic E-state index is 13.0. The molecule has 0 fully saturated rings. The number of nitrogens with one attached hydrogen (secondary N) is 1. The van der Waals surface area contributed by atoms with Crippen LogP contribution in [0.1, 0.15) is 24.0 Å². The second-order valence-corrected chi connectivity index (χ2v) is 9.75. The van der Waals surface area contributed by atoms with Crippen LogP contribution in [0, 0.1) is 0 Å². The fourth-order valence-electron chi connectivity index (χ4n) is 5.17. The Balaban J connectivity index is 1.49. The molecule has 2 unspecified atom stereocenters. The highest BCUT2D eigenvalue weighted by molar-refractivity contribution is 7.80. The van der Waals surface area contributed by atoms with E-state index in [1.54, 1.807) is 14.2 Å². The van der Waals surface area contributed by atoms with Crippen LogP contribution in [0.4, 0.5) is 0 Å². The van der Waals surface area contributed by atoms with Crippen molar-refractivity contribution in [2.45, 2.75) is 36.7 Å². The lowest BCUT2D eigenvalue weighted by molar-refractivity contribution is 0.182. The lowest BCUT2D eigenvalue weighted by Gasteiger charge is -2.42. The second-order valence-electron chi connectivity index (χ2n) is 8.64. The van der Waals surface area contributed by atoms with Gasteiger partial charge >= 0.3 is 0 Å². The highest BCUT2D eigenvalue weighted by Gasteiger charge is 2.36. The zero-order valence-electron chi connectivity index (χ0n) is 19.8. The van der Waals surface area contributed by atoms with Gasteiger partial charge in [0.25, 0.3) is 0 Å². The monoisotopic (exact) mass is 478 g/mol. The van der Waals surface area contributed by atoms with Crippen LogP contribution in [0.3, 0.4) is 0 Å². The Labute approximate surface area is 203 Å². The van der Waals surface area contributed by atoms with Crippen LogP contribution in [-0.4, -0.2) is 43.0 Å². The van der Waals surface area contributed by atoms with Gasteiger partial charge in [0.05, 0.1) is 24.8 Å². The highest BCUT2D eigenvalue weighted by atomic mass is 32.2. The Morgan fingerprint density at radius 3 is 2.65 bits per heavy atom. The van der Waals surface area contributed by atoms with Crippen molar-refractivity contribution in [3.05, 3.63) is 88.3 Å². The molecule has 0 saturated heterocycles. The van der Waals surface area contributed by atoms with Crippen LogP contribution >= 0.6 is 0 Å². The molecule has 2 aromatic rings. The molecule has 2 atom stereocenters. The van der Waals surface area contributed by atoms with E-state index in [-0.39, 0.29) is 0 Å². The fourth-order valence-corrected chi connectivity index (χ4v) is 5.98. The minimum absolute atomic E-state index is 0.318. The maximum Gasteiger partial charge on any atom is 0.240 e. The second kappa shape index (κ2) is 9.68. The molecule has 2 aromatic carbocycles. The van der Waals surface area contributed by atoms with Crippen molar-refractivity contribution in [1.29, 1.82) is 0 Å². The van der Waals surface area contributed by atoms with Gasteiger partial charge in [-0.3, -0.25) is 4.90 Å². The summed E-state index contributed by atoms with van der Waals surface area (Å²) in [6, 6.07) is 13.6. The summed E-state index contributed by atoms with van der Waals surface area (Å²) < 4.78 is 30.3. The average Bonchev–Trinajstić information content (AvgIpc) is 3.07. The number of hydrogen-bond donors (Lipinski definition) is 1. The van der Waals surface area contributed by atoms with Crippen molar-refractivity contribution in [3.63, 3.8) is 0 Å². The number of methoxy groups -OCH3 is 2. The first kappa shape index (κ1) is 22.7. The molecule has 6 nitrogen and oxygen atoms in total. The molecule has 0 radical (unpaired) electrons. The molecule has 3 aliphatic rings. The molecule has 0 spiro atoms. The minimum Gasteiger partial charge on any atom is -0.495 e. The third-order valence-electron chi connectivity index (χ3n) is 6.91. The summed E-state index contributed by atoms with van der Waals surface area (Å²) in [6.45, 7) is 1.69.